The number of aromatic amines is 1. The fourth-order valence-electron chi connectivity index (χ4n) is 9.06. The summed E-state index contributed by atoms with van der Waals surface area (Å²) in [6.45, 7) is 3.23. The van der Waals surface area contributed by atoms with Crippen LogP contribution < -0.4 is 61.0 Å². The predicted molar refractivity (Wildman–Crippen MR) is 284 cm³/mol. The molecule has 1 aliphatic rings. The second-order valence-electron chi connectivity index (χ2n) is 19.1. The molecule has 75 heavy (non-hydrogen) atoms. The van der Waals surface area contributed by atoms with E-state index in [9.17, 15) is 43.2 Å². The number of hydrogen-bond donors (Lipinski definition) is 12. The second kappa shape index (κ2) is 30.5. The molecule has 3 aromatic rings. The summed E-state index contributed by atoms with van der Waals surface area (Å²) in [6, 6.07) is 8.37. The average Bonchev–Trinajstić information content (AvgIpc) is 3.77. The van der Waals surface area contributed by atoms with Gasteiger partial charge in [0.1, 0.15) is 35.7 Å². The SMILES string of the molecule is CC(=O)N[C@@H](CCCN=C(N)N)C(=O)N[C@H]1CCC(=O)CCCC[C@@H](C(N)=O)NC(=O)[C@H](Cc2c[nH]c3ccccc23)CC(=O)[C@H](CCCN=C(N)N)CC(=O)[C@@H](Cc2ccccc2C)NC(=O)[C@H](CCN)NC1=O. The number of amides is 6. The number of carbonyl (C=O) groups is 9. The Labute approximate surface area is 436 Å². The van der Waals surface area contributed by atoms with Gasteiger partial charge in [-0.05, 0) is 100 Å². The standard InChI is InChI=1S/C52H76N14O9/c1-30-11-3-4-12-32(30)26-43-45(70)27-33(13-9-23-59-51(55)56)44(69)28-34(25-35-29-61-38-16-8-6-15-37(35)38)47(72)63-39(46(54)71)17-7-5-14-36(68)19-20-41(49(74)65-42(21-22-53)50(75)66-43)64-48(73)40(62-31(2)67)18-10-24-60-52(57)58/h3-4,6,8,11-12,15-16,29,33-34,39-43,61H,5,7,9-10,13-14,17-28,53H2,1-2H3,(H2,54,71)(H,62,67)(H,63,72)(H,64,73)(H,65,74)(H,66,75)(H4,55,56,59)(H4,57,58,60)/t33-,34-,39+,40+,41+,42+,43-/m1/s1. The monoisotopic (exact) mass is 1040 g/mol. The molecule has 23 heteroatoms. The lowest BCUT2D eigenvalue weighted by molar-refractivity contribution is -0.135. The molecule has 1 aliphatic heterocycles. The number of primary amides is 1. The molecule has 2 aromatic carbocycles. The summed E-state index contributed by atoms with van der Waals surface area (Å²) >= 11 is 0. The number of nitrogens with two attached hydrogens (primary N) is 6. The Bertz CT molecular complexity index is 2540. The third-order valence-electron chi connectivity index (χ3n) is 13.2. The highest BCUT2D eigenvalue weighted by atomic mass is 16.2. The maximum atomic E-state index is 14.8. The van der Waals surface area contributed by atoms with Crippen molar-refractivity contribution in [3.05, 3.63) is 71.4 Å². The van der Waals surface area contributed by atoms with Crippen molar-refractivity contribution < 1.29 is 43.2 Å². The van der Waals surface area contributed by atoms with E-state index in [2.05, 4.69) is 41.6 Å². The Morgan fingerprint density at radius 1 is 0.707 bits per heavy atom. The van der Waals surface area contributed by atoms with Crippen molar-refractivity contribution in [1.29, 1.82) is 0 Å². The first-order valence-electron chi connectivity index (χ1n) is 25.5. The molecule has 0 saturated carbocycles. The van der Waals surface area contributed by atoms with Gasteiger partial charge < -0.3 is 66.0 Å². The number of aromatic nitrogens is 1. The highest BCUT2D eigenvalue weighted by molar-refractivity contribution is 5.98. The quantitative estimate of drug-likeness (QED) is 0.0443. The molecule has 18 N–H and O–H groups in total. The Hall–Kier alpha value is -7.69. The average molecular weight is 1040 g/mol. The van der Waals surface area contributed by atoms with Gasteiger partial charge in [-0.2, -0.15) is 0 Å². The number of benzene rings is 2. The molecular weight excluding hydrogens is 965 g/mol. The summed E-state index contributed by atoms with van der Waals surface area (Å²) in [5, 5.41) is 14.3. The number of ketones is 3. The zero-order valence-corrected chi connectivity index (χ0v) is 43.0. The topological polar surface area (TPSA) is 410 Å². The Kier molecular flexibility index (Phi) is 24.3. The minimum atomic E-state index is -1.41. The normalized spacial score (nSPS) is 21.4. The molecule has 4 rings (SSSR count). The first-order chi connectivity index (χ1) is 35.8. The van der Waals surface area contributed by atoms with Gasteiger partial charge in [0, 0.05) is 74.6 Å². The summed E-state index contributed by atoms with van der Waals surface area (Å²) < 4.78 is 0. The number of aliphatic imine (C=N–C) groups is 2. The van der Waals surface area contributed by atoms with Crippen molar-refractivity contribution in [3.63, 3.8) is 0 Å². The predicted octanol–water partition coefficient (Wildman–Crippen LogP) is -0.279. The van der Waals surface area contributed by atoms with Crippen LogP contribution in [0.5, 0.6) is 0 Å². The number of fused-ring (bicyclic) bond motifs is 1. The highest BCUT2D eigenvalue weighted by Crippen LogP contribution is 2.26. The number of hydrogen-bond acceptors (Lipinski definition) is 12. The van der Waals surface area contributed by atoms with E-state index in [0.717, 1.165) is 22.0 Å². The van der Waals surface area contributed by atoms with Gasteiger partial charge in [0.2, 0.25) is 35.4 Å². The molecule has 2 heterocycles. The van der Waals surface area contributed by atoms with Gasteiger partial charge in [-0.15, -0.1) is 0 Å². The van der Waals surface area contributed by atoms with E-state index in [1.807, 2.05) is 43.3 Å². The molecule has 7 atom stereocenters. The van der Waals surface area contributed by atoms with E-state index in [4.69, 9.17) is 34.4 Å². The molecule has 408 valence electrons. The zero-order chi connectivity index (χ0) is 55.0. The Balaban J connectivity index is 1.77. The molecular formula is C52H76N14O9. The molecule has 1 fully saturated rings. The summed E-state index contributed by atoms with van der Waals surface area (Å²) in [5.74, 6) is -7.98. The fraction of sp³-hybridized carbons (Fsp3) is 0.519. The lowest BCUT2D eigenvalue weighted by Gasteiger charge is -2.27. The van der Waals surface area contributed by atoms with Crippen LogP contribution in [0.25, 0.3) is 10.9 Å². The molecule has 6 amide bonds. The van der Waals surface area contributed by atoms with Crippen LogP contribution in [0.15, 0.2) is 64.7 Å². The van der Waals surface area contributed by atoms with E-state index in [1.165, 1.54) is 6.92 Å². The largest absolute Gasteiger partial charge is 0.370 e. The smallest absolute Gasteiger partial charge is 0.243 e. The van der Waals surface area contributed by atoms with E-state index >= 15 is 0 Å². The third-order valence-corrected chi connectivity index (χ3v) is 13.2. The van der Waals surface area contributed by atoms with Gasteiger partial charge in [0.05, 0.1) is 6.04 Å². The van der Waals surface area contributed by atoms with Crippen molar-refractivity contribution in [2.45, 2.75) is 140 Å². The Morgan fingerprint density at radius 3 is 2.05 bits per heavy atom. The molecule has 1 saturated heterocycles. The lowest BCUT2D eigenvalue weighted by Crippen LogP contribution is -2.58. The van der Waals surface area contributed by atoms with Crippen molar-refractivity contribution in [1.82, 2.24) is 31.6 Å². The van der Waals surface area contributed by atoms with Crippen molar-refractivity contribution >= 4 is 75.6 Å². The second-order valence-corrected chi connectivity index (χ2v) is 19.1. The fourth-order valence-corrected chi connectivity index (χ4v) is 9.06. The number of Topliss-reactive ketones (excluding diaryl/α,β-unsaturated/α-hetero) is 3. The van der Waals surface area contributed by atoms with Gasteiger partial charge in [-0.3, -0.25) is 53.1 Å². The van der Waals surface area contributed by atoms with Crippen LogP contribution in [0.2, 0.25) is 0 Å². The van der Waals surface area contributed by atoms with Gasteiger partial charge in [-0.1, -0.05) is 48.9 Å². The minimum Gasteiger partial charge on any atom is -0.370 e. The lowest BCUT2D eigenvalue weighted by atomic mass is 9.83. The number of carbonyl (C=O) groups excluding carboxylic acids is 9. The number of rotatable bonds is 18. The van der Waals surface area contributed by atoms with Crippen LogP contribution in [-0.4, -0.2) is 120 Å². The molecule has 23 nitrogen and oxygen atoms in total. The molecule has 0 spiro atoms. The van der Waals surface area contributed by atoms with Gasteiger partial charge in [-0.25, -0.2) is 0 Å². The molecule has 0 bridgehead atoms. The summed E-state index contributed by atoms with van der Waals surface area (Å²) in [5.41, 5.74) is 37.0. The van der Waals surface area contributed by atoms with E-state index < -0.39 is 89.1 Å². The molecule has 0 aliphatic carbocycles. The van der Waals surface area contributed by atoms with Crippen LogP contribution in [-0.2, 0) is 56.0 Å². The first kappa shape index (κ1) is 59.9. The van der Waals surface area contributed by atoms with E-state index in [-0.39, 0.29) is 134 Å². The summed E-state index contributed by atoms with van der Waals surface area (Å²) in [4.78, 5) is 136. The van der Waals surface area contributed by atoms with Crippen molar-refractivity contribution in [3.8, 4) is 0 Å². The number of H-pyrrole nitrogens is 1. The summed E-state index contributed by atoms with van der Waals surface area (Å²) in [7, 11) is 0. The number of nitrogens with zero attached hydrogens (tertiary/aromatic N) is 2. The summed E-state index contributed by atoms with van der Waals surface area (Å²) in [6.07, 6.45) is 1.88. The van der Waals surface area contributed by atoms with Crippen molar-refractivity contribution in [2.75, 3.05) is 19.6 Å². The zero-order valence-electron chi connectivity index (χ0n) is 43.0. The number of para-hydroxylation sites is 1. The molecule has 0 unspecified atom stereocenters. The highest BCUT2D eigenvalue weighted by Gasteiger charge is 2.35. The maximum absolute atomic E-state index is 14.8. The van der Waals surface area contributed by atoms with Crippen LogP contribution >= 0.6 is 0 Å². The molecule has 1 aromatic heterocycles. The van der Waals surface area contributed by atoms with Gasteiger partial charge >= 0.3 is 0 Å². The van der Waals surface area contributed by atoms with Crippen LogP contribution in [0.1, 0.15) is 107 Å². The Morgan fingerprint density at radius 2 is 1.37 bits per heavy atom. The van der Waals surface area contributed by atoms with E-state index in [1.54, 1.807) is 18.3 Å². The number of nitrogens with one attached hydrogen (secondary N) is 6. The third kappa shape index (κ3) is 20.3. The number of aryl methyl sites for hydroxylation is 1. The van der Waals surface area contributed by atoms with Crippen LogP contribution in [0, 0.1) is 18.8 Å². The first-order valence-corrected chi connectivity index (χ1v) is 25.5. The number of guanidine groups is 2. The minimum absolute atomic E-state index is 0.00219. The molecule has 0 radical (unpaired) electrons. The van der Waals surface area contributed by atoms with Gasteiger partial charge in [0.25, 0.3) is 0 Å². The van der Waals surface area contributed by atoms with E-state index in [0.29, 0.717) is 5.56 Å². The van der Waals surface area contributed by atoms with Crippen LogP contribution in [0.3, 0.4) is 0 Å². The van der Waals surface area contributed by atoms with Gasteiger partial charge in [0.15, 0.2) is 17.7 Å². The maximum Gasteiger partial charge on any atom is 0.243 e. The van der Waals surface area contributed by atoms with Crippen molar-refractivity contribution in [2.24, 2.45) is 56.2 Å². The van der Waals surface area contributed by atoms with Crippen LogP contribution in [0.4, 0.5) is 0 Å².